The molecule has 8 aromatic rings. The van der Waals surface area contributed by atoms with Gasteiger partial charge in [0.2, 0.25) is 29.5 Å². The summed E-state index contributed by atoms with van der Waals surface area (Å²) in [5.74, 6) is -2.44. The van der Waals surface area contributed by atoms with Gasteiger partial charge in [-0.05, 0) is 137 Å². The summed E-state index contributed by atoms with van der Waals surface area (Å²) < 4.78 is 118. The highest BCUT2D eigenvalue weighted by Gasteiger charge is 2.37. The molecule has 0 aliphatic carbocycles. The Morgan fingerprint density at radius 3 is 1.12 bits per heavy atom. The fraction of sp³-hybridized carbons (Fsp3) is 0.235. The molecule has 26 nitrogen and oxygen atoms in total. The number of alkyl halides is 9. The molecule has 0 fully saturated rings. The largest absolute Gasteiger partial charge is 0.418 e. The van der Waals surface area contributed by atoms with E-state index in [1.165, 1.54) is 65.5 Å². The highest BCUT2D eigenvalue weighted by molar-refractivity contribution is 5.96. The molecule has 0 aromatic carbocycles. The van der Waals surface area contributed by atoms with Gasteiger partial charge in [-0.2, -0.15) is 39.5 Å². The van der Waals surface area contributed by atoms with Crippen molar-refractivity contribution in [2.75, 3.05) is 48.5 Å². The summed E-state index contributed by atoms with van der Waals surface area (Å²) in [4.78, 5) is 130. The first-order chi connectivity index (χ1) is 56.8. The van der Waals surface area contributed by atoms with Crippen molar-refractivity contribution in [3.05, 3.63) is 288 Å². The first-order valence-electron chi connectivity index (χ1n) is 35.7. The van der Waals surface area contributed by atoms with Gasteiger partial charge in [-0.1, -0.05) is 83.8 Å². The molecule has 120 heavy (non-hydrogen) atoms. The lowest BCUT2D eigenvalue weighted by atomic mass is 10.1. The maximum atomic E-state index is 12.6. The van der Waals surface area contributed by atoms with E-state index in [1.54, 1.807) is 81.4 Å². The number of nitrogens with zero attached hydrogens (tertiary/aromatic N) is 8. The predicted molar refractivity (Wildman–Crippen MR) is 443 cm³/mol. The van der Waals surface area contributed by atoms with Crippen molar-refractivity contribution < 1.29 is 87.4 Å². The molecule has 0 atom stereocenters. The van der Waals surface area contributed by atoms with Crippen LogP contribution in [0.5, 0.6) is 0 Å². The van der Waals surface area contributed by atoms with E-state index in [-0.39, 0.29) is 72.0 Å². The number of carbonyl (C=O) groups is 9. The van der Waals surface area contributed by atoms with E-state index in [4.69, 9.17) is 4.74 Å². The van der Waals surface area contributed by atoms with Gasteiger partial charge in [0.25, 0.3) is 17.7 Å². The molecule has 638 valence electrons. The first kappa shape index (κ1) is 104. The molecule has 8 aromatic heterocycles. The second kappa shape index (κ2) is 55.4. The molecule has 35 heteroatoms. The number of hydrogen-bond donors (Lipinski definition) is 8. The second-order valence-corrected chi connectivity index (χ2v) is 23.8. The molecule has 8 N–H and O–H groups in total. The molecule has 0 unspecified atom stereocenters. The van der Waals surface area contributed by atoms with Crippen molar-refractivity contribution in [1.29, 1.82) is 0 Å². The Hall–Kier alpha value is -14.1. The molecule has 0 bridgehead atoms. The SMILES string of the molecule is C=Cc1cc(C(=O)NC)c(C(F)(F)F)cn1.C=Cc1cc(C(F)(F)F)c(C(=O)NC)cn1.C=Cc1cc(CNC(C)=O)c(C(F)(F)F)cn1.C=Cc1ccc(C(=O)NC)cn1.C=Cc1ccc(CC(=O)CC)cn1.C=Cc1ccc(CCC(=O)NC)cn1.C=Cc1ccc(CNC(=O)COCC(=O)NC)cn1.C=Cc1ccc(CNC(C)=O)cn1. The zero-order valence-corrected chi connectivity index (χ0v) is 67.3. The van der Waals surface area contributed by atoms with Gasteiger partial charge in [-0.15, -0.1) is 0 Å². The minimum Gasteiger partial charge on any atom is -0.362 e. The van der Waals surface area contributed by atoms with E-state index >= 15 is 0 Å². The molecule has 8 rings (SSSR count). The van der Waals surface area contributed by atoms with Crippen LogP contribution in [0.15, 0.2) is 181 Å². The molecule has 0 aliphatic heterocycles. The topological polar surface area (TPSA) is 362 Å². The molecular formula is C85H95F9N16O10. The number of ether oxygens (including phenoxy) is 1. The number of ketones is 1. The average Bonchev–Trinajstić information content (AvgIpc) is 0.824. The number of halogens is 9. The van der Waals surface area contributed by atoms with Crippen LogP contribution in [0.1, 0.15) is 155 Å². The Morgan fingerprint density at radius 2 is 0.733 bits per heavy atom. The Morgan fingerprint density at radius 1 is 0.367 bits per heavy atom. The van der Waals surface area contributed by atoms with Crippen molar-refractivity contribution >= 4 is 102 Å². The van der Waals surface area contributed by atoms with E-state index in [0.717, 1.165) is 81.7 Å². The summed E-state index contributed by atoms with van der Waals surface area (Å²) in [6, 6.07) is 21.6. The fourth-order valence-corrected chi connectivity index (χ4v) is 8.53. The lowest BCUT2D eigenvalue weighted by Gasteiger charge is -2.13. The summed E-state index contributed by atoms with van der Waals surface area (Å²) in [5.41, 5.74) is 5.25. The fourth-order valence-electron chi connectivity index (χ4n) is 8.53. The Labute approximate surface area is 689 Å². The molecule has 8 heterocycles. The van der Waals surface area contributed by atoms with E-state index < -0.39 is 64.1 Å². The van der Waals surface area contributed by atoms with Gasteiger partial charge in [0, 0.05) is 138 Å². The molecule has 0 aliphatic rings. The van der Waals surface area contributed by atoms with Gasteiger partial charge in [-0.25, -0.2) is 0 Å². The van der Waals surface area contributed by atoms with Gasteiger partial charge in [0.15, 0.2) is 0 Å². The van der Waals surface area contributed by atoms with Gasteiger partial charge in [-0.3, -0.25) is 83.0 Å². The summed E-state index contributed by atoms with van der Waals surface area (Å²) in [7, 11) is 7.25. The van der Waals surface area contributed by atoms with Crippen LogP contribution in [0.4, 0.5) is 39.5 Å². The van der Waals surface area contributed by atoms with Gasteiger partial charge < -0.3 is 47.3 Å². The van der Waals surface area contributed by atoms with E-state index in [0.29, 0.717) is 49.8 Å². The molecule has 0 radical (unpaired) electrons. The van der Waals surface area contributed by atoms with Crippen LogP contribution in [0.3, 0.4) is 0 Å². The predicted octanol–water partition coefficient (Wildman–Crippen LogP) is 12.8. The minimum absolute atomic E-state index is 0.0300. The van der Waals surface area contributed by atoms with Crippen LogP contribution in [-0.2, 0) is 84.5 Å². The van der Waals surface area contributed by atoms with Crippen LogP contribution in [0.2, 0.25) is 0 Å². The van der Waals surface area contributed by atoms with Crippen molar-refractivity contribution in [1.82, 2.24) is 82.4 Å². The Balaban J connectivity index is 0.000000688. The van der Waals surface area contributed by atoms with E-state index in [9.17, 15) is 82.7 Å². The number of nitrogens with one attached hydrogen (secondary N) is 8. The smallest absolute Gasteiger partial charge is 0.362 e. The van der Waals surface area contributed by atoms with Crippen LogP contribution in [0, 0.1) is 0 Å². The van der Waals surface area contributed by atoms with Crippen LogP contribution >= 0.6 is 0 Å². The highest BCUT2D eigenvalue weighted by atomic mass is 19.4. The minimum atomic E-state index is -4.60. The zero-order valence-electron chi connectivity index (χ0n) is 67.3. The Bertz CT molecular complexity index is 4740. The normalized spacial score (nSPS) is 10.1. The van der Waals surface area contributed by atoms with Gasteiger partial charge in [0.05, 0.1) is 78.9 Å². The molecule has 8 amide bonds. The molecule has 0 spiro atoms. The number of aryl methyl sites for hydroxylation is 1. The number of amides is 8. The number of aromatic nitrogens is 8. The zero-order chi connectivity index (χ0) is 90.6. The molecular weight excluding hydrogens is 1580 g/mol. The monoisotopic (exact) mass is 1670 g/mol. The lowest BCUT2D eigenvalue weighted by molar-refractivity contribution is -0.139. The number of rotatable bonds is 27. The maximum Gasteiger partial charge on any atom is 0.418 e. The standard InChI is InChI=1S/C13H17N3O3.C11H11F3N2O.C11H14N2O.C11H13NO.2C10H9F3N2O.C10H12N2O.C9H10N2O/c1-3-11-5-4-10(6-15-11)7-16-13(18)9-19-8-12(17)14-2;1-3-9-4-8(5-15-7(2)17)10(6-16-9)11(12,13)14;1-3-10-6-4-9(8-13-10)5-7-11(14)12-2;1-3-10-6-5-9(8-12-10)7-11(13)4-2;1-3-6-4-8(10(11,12)13)7(5-15-6)9(16)14-2;1-3-6-4-7(9(16)14-2)8(5-15-6)10(11,12)13;1-3-10-5-4-9(7-12-10)6-11-8(2)13;1-3-8-5-4-7(6-11-8)9(12)10-2/h3-6H,1,7-9H2,2H3,(H,14,17)(H,16,18);3-4,6H,1,5H2,2H3,(H,15,17);3-4,6,8H,1,5,7H2,2H3,(H,12,14);3,5-6,8H,1,4,7H2,2H3;2*3-5H,1H2,2H3,(H,14,16);3-5,7H,1,6H2,2H3,(H,11,13);3-6H,1H2,2H3,(H,10,12). The van der Waals surface area contributed by atoms with E-state index in [1.807, 2.05) is 55.5 Å². The average molecular weight is 1670 g/mol. The van der Waals surface area contributed by atoms with Gasteiger partial charge >= 0.3 is 18.5 Å². The van der Waals surface area contributed by atoms with Crippen LogP contribution in [-0.4, -0.2) is 141 Å². The third kappa shape index (κ3) is 41.4. The van der Waals surface area contributed by atoms with Crippen molar-refractivity contribution in [2.45, 2.75) is 84.6 Å². The number of hydrogen-bond acceptors (Lipinski definition) is 18. The summed E-state index contributed by atoms with van der Waals surface area (Å²) >= 11 is 0. The quantitative estimate of drug-likeness (QED) is 0.0222. The number of pyridine rings is 8. The number of Topliss-reactive ketones (excluding diaryl/α,β-unsaturated/α-hetero) is 1. The Kier molecular flexibility index (Phi) is 48.0. The number of likely N-dealkylation sites (N-methyl/N-ethyl adjacent to an activating group) is 1. The number of carbonyl (C=O) groups excluding carboxylic acids is 9. The summed E-state index contributed by atoms with van der Waals surface area (Å²) in [6.45, 7) is 33.2. The third-order valence-corrected chi connectivity index (χ3v) is 15.1. The van der Waals surface area contributed by atoms with Crippen LogP contribution < -0.4 is 42.5 Å². The third-order valence-electron chi connectivity index (χ3n) is 15.1. The second-order valence-electron chi connectivity index (χ2n) is 23.8. The first-order valence-corrected chi connectivity index (χ1v) is 35.7. The van der Waals surface area contributed by atoms with Gasteiger partial charge in [0.1, 0.15) is 19.0 Å². The highest BCUT2D eigenvalue weighted by Crippen LogP contribution is 2.34. The maximum absolute atomic E-state index is 12.6. The molecule has 0 saturated carbocycles. The van der Waals surface area contributed by atoms with Crippen molar-refractivity contribution in [3.63, 3.8) is 0 Å². The summed E-state index contributed by atoms with van der Waals surface area (Å²) in [5, 5.41) is 19.4. The molecule has 0 saturated heterocycles. The van der Waals surface area contributed by atoms with Crippen LogP contribution in [0.25, 0.3) is 48.6 Å². The van der Waals surface area contributed by atoms with Crippen molar-refractivity contribution in [2.24, 2.45) is 0 Å². The summed E-state index contributed by atoms with van der Waals surface area (Å²) in [6.07, 6.45) is 11.5. The van der Waals surface area contributed by atoms with Crippen molar-refractivity contribution in [3.8, 4) is 0 Å². The van der Waals surface area contributed by atoms with E-state index in [2.05, 4.69) is 135 Å². The lowest BCUT2D eigenvalue weighted by Crippen LogP contribution is -2.30.